The molecule has 0 saturated heterocycles. The average Bonchev–Trinajstić information content (AvgIpc) is 3.89. The Morgan fingerprint density at radius 1 is 0.327 bits per heavy atom. The van der Waals surface area contributed by atoms with Crippen LogP contribution in [0, 0.1) is 13.1 Å². The highest BCUT2D eigenvalue weighted by Crippen LogP contribution is 2.41. The molecule has 8 aromatic carbocycles. The Morgan fingerprint density at radius 3 is 1.40 bits per heavy atom. The number of benzene rings is 8. The third kappa shape index (κ3) is 4.45. The van der Waals surface area contributed by atoms with E-state index < -0.39 is 0 Å². The van der Waals surface area contributed by atoms with Crippen LogP contribution in [0.2, 0.25) is 0 Å². The highest BCUT2D eigenvalue weighted by Gasteiger charge is 2.19. The number of aromatic nitrogens is 3. The van der Waals surface area contributed by atoms with Crippen molar-refractivity contribution in [2.24, 2.45) is 0 Å². The highest BCUT2D eigenvalue weighted by atomic mass is 15.0. The van der Waals surface area contributed by atoms with E-state index in [0.717, 1.165) is 66.4 Å². The van der Waals surface area contributed by atoms with Crippen LogP contribution in [0.3, 0.4) is 0 Å². The van der Waals surface area contributed by atoms with Gasteiger partial charge in [-0.25, -0.2) is 9.69 Å². The van der Waals surface area contributed by atoms with Gasteiger partial charge in [-0.3, -0.25) is 0 Å². The van der Waals surface area contributed by atoms with Gasteiger partial charge < -0.3 is 13.7 Å². The molecule has 11 rings (SSSR count). The van der Waals surface area contributed by atoms with Crippen molar-refractivity contribution in [3.63, 3.8) is 0 Å². The molecule has 5 nitrogen and oxygen atoms in total. The fourth-order valence-electron chi connectivity index (χ4n) is 8.73. The molecule has 0 aliphatic carbocycles. The van der Waals surface area contributed by atoms with Gasteiger partial charge >= 0.3 is 0 Å². The van der Waals surface area contributed by atoms with Crippen LogP contribution in [-0.2, 0) is 0 Å². The maximum atomic E-state index is 8.32. The Bertz CT molecular complexity index is 3400. The summed E-state index contributed by atoms with van der Waals surface area (Å²) in [7, 11) is 0. The summed E-state index contributed by atoms with van der Waals surface area (Å²) >= 11 is 0. The van der Waals surface area contributed by atoms with E-state index in [4.69, 9.17) is 13.1 Å². The summed E-state index contributed by atoms with van der Waals surface area (Å²) in [5, 5.41) is 6.82. The quantitative estimate of drug-likeness (QED) is 0.163. The second-order valence-corrected chi connectivity index (χ2v) is 13.9. The zero-order chi connectivity index (χ0) is 36.6. The molecule has 0 aliphatic heterocycles. The van der Waals surface area contributed by atoms with Crippen molar-refractivity contribution < 1.29 is 0 Å². The normalized spacial score (nSPS) is 11.6. The summed E-state index contributed by atoms with van der Waals surface area (Å²) < 4.78 is 6.87. The van der Waals surface area contributed by atoms with E-state index in [-0.39, 0.29) is 0 Å². The third-order valence-corrected chi connectivity index (χ3v) is 11.1. The second-order valence-electron chi connectivity index (χ2n) is 13.9. The fourth-order valence-corrected chi connectivity index (χ4v) is 8.73. The number of nitrogens with zero attached hydrogens (tertiary/aromatic N) is 5. The molecule has 0 fully saturated rings. The van der Waals surface area contributed by atoms with Crippen LogP contribution in [0.5, 0.6) is 0 Å². The molecule has 5 heteroatoms. The van der Waals surface area contributed by atoms with Crippen molar-refractivity contribution in [1.29, 1.82) is 0 Å². The average molecular weight is 700 g/mol. The summed E-state index contributed by atoms with van der Waals surface area (Å²) in [6, 6.07) is 61.2. The first-order valence-electron chi connectivity index (χ1n) is 18.3. The predicted octanol–water partition coefficient (Wildman–Crippen LogP) is 13.7. The van der Waals surface area contributed by atoms with E-state index in [1.165, 1.54) is 27.2 Å². The van der Waals surface area contributed by atoms with Gasteiger partial charge in [0.15, 0.2) is 11.4 Å². The van der Waals surface area contributed by atoms with Gasteiger partial charge in [-0.15, -0.1) is 0 Å². The van der Waals surface area contributed by atoms with E-state index >= 15 is 0 Å². The number of rotatable bonds is 4. The Morgan fingerprint density at radius 2 is 0.782 bits per heavy atom. The first kappa shape index (κ1) is 30.7. The smallest absolute Gasteiger partial charge is 0.197 e. The Labute approximate surface area is 316 Å². The lowest BCUT2D eigenvalue weighted by molar-refractivity contribution is 1.16. The third-order valence-electron chi connectivity index (χ3n) is 11.1. The lowest BCUT2D eigenvalue weighted by atomic mass is 10.0. The minimum Gasteiger partial charge on any atom is -0.311 e. The Kier molecular flexibility index (Phi) is 6.61. The summed E-state index contributed by atoms with van der Waals surface area (Å²) in [5.41, 5.74) is 12.7. The Balaban J connectivity index is 1.05. The predicted molar refractivity (Wildman–Crippen MR) is 227 cm³/mol. The van der Waals surface area contributed by atoms with Gasteiger partial charge in [-0.05, 0) is 83.2 Å². The van der Waals surface area contributed by atoms with Crippen molar-refractivity contribution in [1.82, 2.24) is 13.7 Å². The van der Waals surface area contributed by atoms with Gasteiger partial charge in [0.25, 0.3) is 0 Å². The van der Waals surface area contributed by atoms with Crippen LogP contribution in [0.4, 0.5) is 11.4 Å². The Hall–Kier alpha value is -7.86. The number of hydrogen-bond acceptors (Lipinski definition) is 0. The van der Waals surface area contributed by atoms with Crippen molar-refractivity contribution in [3.8, 4) is 28.2 Å². The molecule has 254 valence electrons. The highest BCUT2D eigenvalue weighted by molar-refractivity contribution is 6.15. The number of fused-ring (bicyclic) bond motifs is 9. The van der Waals surface area contributed by atoms with Crippen LogP contribution in [0.25, 0.3) is 103 Å². The van der Waals surface area contributed by atoms with Crippen LogP contribution in [0.15, 0.2) is 176 Å². The number of para-hydroxylation sites is 4. The van der Waals surface area contributed by atoms with Gasteiger partial charge in [0, 0.05) is 49.5 Å². The number of hydrogen-bond donors (Lipinski definition) is 0. The molecule has 0 unspecified atom stereocenters. The molecule has 55 heavy (non-hydrogen) atoms. The lowest BCUT2D eigenvalue weighted by Gasteiger charge is -2.14. The summed E-state index contributed by atoms with van der Waals surface area (Å²) in [4.78, 5) is 7.91. The van der Waals surface area contributed by atoms with Gasteiger partial charge in [0.05, 0.1) is 40.7 Å². The molecular formula is C50H29N5. The first-order chi connectivity index (χ1) is 27.2. The largest absolute Gasteiger partial charge is 0.311 e. The van der Waals surface area contributed by atoms with Crippen molar-refractivity contribution in [3.05, 3.63) is 199 Å². The second kappa shape index (κ2) is 11.8. The van der Waals surface area contributed by atoms with Gasteiger partial charge in [0.1, 0.15) is 0 Å². The lowest BCUT2D eigenvalue weighted by Crippen LogP contribution is -1.97. The van der Waals surface area contributed by atoms with Gasteiger partial charge in [0.2, 0.25) is 0 Å². The summed E-state index contributed by atoms with van der Waals surface area (Å²) in [6.45, 7) is 16.1. The van der Waals surface area contributed by atoms with Gasteiger partial charge in [-0.2, -0.15) is 0 Å². The van der Waals surface area contributed by atoms with E-state index in [1.54, 1.807) is 0 Å². The molecule has 0 atom stereocenters. The molecule has 0 saturated carbocycles. The molecular weight excluding hydrogens is 671 g/mol. The minimum atomic E-state index is 0.591. The van der Waals surface area contributed by atoms with E-state index in [0.29, 0.717) is 11.4 Å². The topological polar surface area (TPSA) is 23.5 Å². The van der Waals surface area contributed by atoms with E-state index in [2.05, 4.69) is 169 Å². The van der Waals surface area contributed by atoms with Crippen molar-refractivity contribution in [2.45, 2.75) is 0 Å². The van der Waals surface area contributed by atoms with Gasteiger partial charge in [-0.1, -0.05) is 109 Å². The molecule has 0 radical (unpaired) electrons. The molecule has 0 aliphatic rings. The zero-order valence-electron chi connectivity index (χ0n) is 29.5. The first-order valence-corrected chi connectivity index (χ1v) is 18.3. The molecule has 0 spiro atoms. The zero-order valence-corrected chi connectivity index (χ0v) is 29.5. The maximum absolute atomic E-state index is 8.32. The van der Waals surface area contributed by atoms with Crippen LogP contribution in [0.1, 0.15) is 0 Å². The summed E-state index contributed by atoms with van der Waals surface area (Å²) in [5.74, 6) is 0. The molecule has 0 bridgehead atoms. The van der Waals surface area contributed by atoms with E-state index in [1.807, 2.05) is 30.3 Å². The van der Waals surface area contributed by atoms with Crippen molar-refractivity contribution in [2.75, 3.05) is 0 Å². The molecule has 11 aromatic rings. The summed E-state index contributed by atoms with van der Waals surface area (Å²) in [6.07, 6.45) is 0. The molecule has 0 amide bonds. The minimum absolute atomic E-state index is 0.591. The molecule has 3 heterocycles. The standard InChI is InChI=1S/C50H29N5/c1-51-42-16-11-21-48-50(42)41-15-6-10-20-47(41)53(48)33-24-22-32(23-25-33)36-28-26-34(30-43(36)52-2)55-46-19-9-5-14-39(46)40-29-27-35(31-49(40)55)54-44-17-7-3-12-37(44)38-13-4-8-18-45(38)54/h3-31H. The van der Waals surface area contributed by atoms with Crippen LogP contribution >= 0.6 is 0 Å². The molecule has 3 aromatic heterocycles. The van der Waals surface area contributed by atoms with Crippen molar-refractivity contribution >= 4 is 76.8 Å². The van der Waals surface area contributed by atoms with Crippen LogP contribution in [-0.4, -0.2) is 13.7 Å². The SMILES string of the molecule is [C-]#[N+]c1cc(-n2c3ccccc3c3ccc(-n4c5ccccc5c5ccccc54)cc32)ccc1-c1ccc(-n2c3ccccc3c3c([N+]#[C-])cccc32)cc1. The molecule has 0 N–H and O–H groups in total. The fraction of sp³-hybridized carbons (Fsp3) is 0. The van der Waals surface area contributed by atoms with E-state index in [9.17, 15) is 0 Å². The maximum Gasteiger partial charge on any atom is 0.197 e. The van der Waals surface area contributed by atoms with Crippen LogP contribution < -0.4 is 0 Å². The monoisotopic (exact) mass is 699 g/mol.